The molecule has 7 nitrogen and oxygen atoms in total. The van der Waals surface area contributed by atoms with Crippen LogP contribution in [-0.2, 0) is 20.8 Å². The minimum atomic E-state index is -1.03. The summed E-state index contributed by atoms with van der Waals surface area (Å²) in [5.41, 5.74) is 6.72. The molecule has 1 fully saturated rings. The fourth-order valence-electron chi connectivity index (χ4n) is 3.63. The third kappa shape index (κ3) is 7.95. The topological polar surface area (TPSA) is 122 Å². The molecule has 1 saturated carbocycles. The van der Waals surface area contributed by atoms with Gasteiger partial charge in [-0.25, -0.2) is 4.79 Å². The number of nitrogens with two attached hydrogens (primary N) is 1. The number of halogens is 1. The number of hydrogen-bond donors (Lipinski definition) is 4. The zero-order chi connectivity index (χ0) is 21.4. The number of benzene rings is 1. The van der Waals surface area contributed by atoms with Crippen molar-refractivity contribution in [3.63, 3.8) is 0 Å². The SMILES string of the molecule is CC(C)[C@H](N)C(=O)NCC1CCC(C(=O)N[C@@H](Cc2ccccc2)C(=O)O)CC1.[Cl-]. The molecule has 0 heterocycles. The third-order valence-electron chi connectivity index (χ3n) is 5.70. The van der Waals surface area contributed by atoms with E-state index in [0.717, 1.165) is 18.4 Å². The van der Waals surface area contributed by atoms with E-state index >= 15 is 0 Å². The van der Waals surface area contributed by atoms with E-state index in [9.17, 15) is 19.5 Å². The highest BCUT2D eigenvalue weighted by molar-refractivity contribution is 5.85. The van der Waals surface area contributed by atoms with Gasteiger partial charge in [-0.05, 0) is 43.1 Å². The summed E-state index contributed by atoms with van der Waals surface area (Å²) >= 11 is 0. The van der Waals surface area contributed by atoms with Crippen LogP contribution in [0.25, 0.3) is 0 Å². The molecule has 30 heavy (non-hydrogen) atoms. The van der Waals surface area contributed by atoms with Gasteiger partial charge < -0.3 is 33.9 Å². The summed E-state index contributed by atoms with van der Waals surface area (Å²) in [5.74, 6) is -1.13. The molecule has 0 spiro atoms. The highest BCUT2D eigenvalue weighted by atomic mass is 35.5. The van der Waals surface area contributed by atoms with Gasteiger partial charge in [0, 0.05) is 18.9 Å². The van der Waals surface area contributed by atoms with Crippen LogP contribution in [-0.4, -0.2) is 41.5 Å². The van der Waals surface area contributed by atoms with Crippen molar-refractivity contribution in [2.24, 2.45) is 23.5 Å². The monoisotopic (exact) mass is 438 g/mol. The third-order valence-corrected chi connectivity index (χ3v) is 5.70. The molecule has 0 bridgehead atoms. The highest BCUT2D eigenvalue weighted by Crippen LogP contribution is 2.28. The van der Waals surface area contributed by atoms with Crippen LogP contribution >= 0.6 is 0 Å². The average Bonchev–Trinajstić information content (AvgIpc) is 2.71. The lowest BCUT2D eigenvalue weighted by molar-refractivity contribution is -0.142. The number of aliphatic carboxylic acids is 1. The number of amides is 2. The van der Waals surface area contributed by atoms with E-state index in [1.54, 1.807) is 0 Å². The van der Waals surface area contributed by atoms with Gasteiger partial charge in [0.2, 0.25) is 11.8 Å². The molecule has 168 valence electrons. The summed E-state index contributed by atoms with van der Waals surface area (Å²) in [7, 11) is 0. The highest BCUT2D eigenvalue weighted by Gasteiger charge is 2.30. The number of carboxylic acids is 1. The van der Waals surface area contributed by atoms with E-state index in [1.165, 1.54) is 0 Å². The lowest BCUT2D eigenvalue weighted by atomic mass is 9.81. The Hall–Kier alpha value is -2.12. The van der Waals surface area contributed by atoms with Crippen LogP contribution in [0.1, 0.15) is 45.1 Å². The molecule has 2 rings (SSSR count). The molecule has 0 aliphatic heterocycles. The molecule has 5 N–H and O–H groups in total. The molecule has 1 aliphatic rings. The summed E-state index contributed by atoms with van der Waals surface area (Å²) in [6.07, 6.45) is 3.30. The first-order valence-corrected chi connectivity index (χ1v) is 10.4. The van der Waals surface area contributed by atoms with E-state index < -0.39 is 18.1 Å². The van der Waals surface area contributed by atoms with E-state index in [-0.39, 0.29) is 42.5 Å². The maximum Gasteiger partial charge on any atom is 0.326 e. The molecule has 2 amide bonds. The van der Waals surface area contributed by atoms with Crippen LogP contribution < -0.4 is 28.8 Å². The molecular weight excluding hydrogens is 406 g/mol. The predicted molar refractivity (Wildman–Crippen MR) is 111 cm³/mol. The summed E-state index contributed by atoms with van der Waals surface area (Å²) in [6, 6.07) is 7.84. The smallest absolute Gasteiger partial charge is 0.326 e. The molecule has 8 heteroatoms. The largest absolute Gasteiger partial charge is 1.00 e. The predicted octanol–water partition coefficient (Wildman–Crippen LogP) is -1.29. The maximum absolute atomic E-state index is 12.6. The Morgan fingerprint density at radius 1 is 1.10 bits per heavy atom. The normalized spacial score (nSPS) is 20.5. The summed E-state index contributed by atoms with van der Waals surface area (Å²) < 4.78 is 0. The number of carboxylic acid groups (broad SMARTS) is 1. The molecule has 1 aliphatic carbocycles. The van der Waals surface area contributed by atoms with Crippen molar-refractivity contribution in [3.05, 3.63) is 35.9 Å². The number of rotatable bonds is 9. The first-order chi connectivity index (χ1) is 13.8. The van der Waals surface area contributed by atoms with Crippen LogP contribution in [0.5, 0.6) is 0 Å². The minimum Gasteiger partial charge on any atom is -1.00 e. The van der Waals surface area contributed by atoms with Crippen molar-refractivity contribution in [2.75, 3.05) is 6.54 Å². The quantitative estimate of drug-likeness (QED) is 0.382. The van der Waals surface area contributed by atoms with Gasteiger partial charge in [0.1, 0.15) is 6.04 Å². The minimum absolute atomic E-state index is 0. The first kappa shape index (κ1) is 25.9. The van der Waals surface area contributed by atoms with Gasteiger partial charge in [-0.1, -0.05) is 44.2 Å². The van der Waals surface area contributed by atoms with E-state index in [2.05, 4.69) is 10.6 Å². The Kier molecular flexibility index (Phi) is 10.8. The molecule has 0 unspecified atom stereocenters. The average molecular weight is 439 g/mol. The van der Waals surface area contributed by atoms with E-state index in [1.807, 2.05) is 44.2 Å². The van der Waals surface area contributed by atoms with Crippen molar-refractivity contribution in [3.8, 4) is 0 Å². The standard InChI is InChI=1S/C22H33N3O4.ClH/c1-14(2)19(23)21(27)24-13-16-8-10-17(11-9-16)20(26)25-18(22(28)29)12-15-6-4-3-5-7-15;/h3-7,14,16-19H,8-13,23H2,1-2H3,(H,24,27)(H,25,26)(H,28,29);1H/p-1/t16?,17?,18-,19-;/m0./s1. The second kappa shape index (κ2) is 12.5. The van der Waals surface area contributed by atoms with Gasteiger partial charge in [0.25, 0.3) is 0 Å². The number of carbonyl (C=O) groups excluding carboxylic acids is 2. The zero-order valence-corrected chi connectivity index (χ0v) is 18.4. The summed E-state index contributed by atoms with van der Waals surface area (Å²) in [6.45, 7) is 4.39. The van der Waals surface area contributed by atoms with Gasteiger partial charge >= 0.3 is 5.97 Å². The van der Waals surface area contributed by atoms with Crippen LogP contribution in [0.3, 0.4) is 0 Å². The fraction of sp³-hybridized carbons (Fsp3) is 0.591. The van der Waals surface area contributed by atoms with Gasteiger partial charge in [-0.15, -0.1) is 0 Å². The van der Waals surface area contributed by atoms with Gasteiger partial charge in [0.05, 0.1) is 6.04 Å². The Balaban J connectivity index is 0.00000450. The second-order valence-corrected chi connectivity index (χ2v) is 8.32. The zero-order valence-electron chi connectivity index (χ0n) is 17.6. The van der Waals surface area contributed by atoms with Crippen molar-refractivity contribution in [1.29, 1.82) is 0 Å². The van der Waals surface area contributed by atoms with Crippen LogP contribution in [0.15, 0.2) is 30.3 Å². The maximum atomic E-state index is 12.6. The molecule has 2 atom stereocenters. The molecule has 1 aromatic rings. The lowest BCUT2D eigenvalue weighted by Gasteiger charge is -2.29. The molecular formula is C22H33ClN3O4-. The lowest BCUT2D eigenvalue weighted by Crippen LogP contribution is -3.00. The molecule has 0 aromatic heterocycles. The number of nitrogens with one attached hydrogen (secondary N) is 2. The molecule has 0 radical (unpaired) electrons. The van der Waals surface area contributed by atoms with Crippen molar-refractivity contribution >= 4 is 17.8 Å². The molecule has 0 saturated heterocycles. The van der Waals surface area contributed by atoms with E-state index in [0.29, 0.717) is 25.3 Å². The first-order valence-electron chi connectivity index (χ1n) is 10.4. The van der Waals surface area contributed by atoms with Crippen molar-refractivity contribution in [1.82, 2.24) is 10.6 Å². The van der Waals surface area contributed by atoms with Crippen LogP contribution in [0.4, 0.5) is 0 Å². The Morgan fingerprint density at radius 2 is 1.70 bits per heavy atom. The van der Waals surface area contributed by atoms with Crippen LogP contribution in [0, 0.1) is 17.8 Å². The van der Waals surface area contributed by atoms with Crippen molar-refractivity contribution in [2.45, 2.75) is 58.0 Å². The Labute approximate surface area is 184 Å². The number of hydrogen-bond acceptors (Lipinski definition) is 4. The second-order valence-electron chi connectivity index (χ2n) is 8.32. The Bertz CT molecular complexity index is 691. The Morgan fingerprint density at radius 3 is 2.23 bits per heavy atom. The van der Waals surface area contributed by atoms with Gasteiger partial charge in [-0.3, -0.25) is 9.59 Å². The van der Waals surface area contributed by atoms with Gasteiger partial charge in [-0.2, -0.15) is 0 Å². The fourth-order valence-corrected chi connectivity index (χ4v) is 3.63. The number of carbonyl (C=O) groups is 3. The van der Waals surface area contributed by atoms with E-state index in [4.69, 9.17) is 5.73 Å². The van der Waals surface area contributed by atoms with Crippen molar-refractivity contribution < 1.29 is 31.9 Å². The summed E-state index contributed by atoms with van der Waals surface area (Å²) in [4.78, 5) is 36.1. The molecule has 1 aromatic carbocycles. The van der Waals surface area contributed by atoms with Crippen LogP contribution in [0.2, 0.25) is 0 Å². The summed E-state index contributed by atoms with van der Waals surface area (Å²) in [5, 5.41) is 15.1. The van der Waals surface area contributed by atoms with Gasteiger partial charge in [0.15, 0.2) is 0 Å².